The Bertz CT molecular complexity index is 442. The second kappa shape index (κ2) is 7.66. The molecular weight excluding hydrogens is 266 g/mol. The van der Waals surface area contributed by atoms with Gasteiger partial charge in [0, 0.05) is 6.54 Å². The van der Waals surface area contributed by atoms with Crippen LogP contribution in [-0.4, -0.2) is 31.0 Å². The Balaban J connectivity index is 1.95. The van der Waals surface area contributed by atoms with Crippen LogP contribution < -0.4 is 14.8 Å². The number of aliphatic hydroxyl groups is 1. The van der Waals surface area contributed by atoms with Crippen LogP contribution in [0, 0.1) is 0 Å². The number of rotatable bonds is 8. The highest BCUT2D eigenvalue weighted by atomic mass is 16.5. The maximum absolute atomic E-state index is 10.3. The highest BCUT2D eigenvalue weighted by molar-refractivity contribution is 5.43. The third kappa shape index (κ3) is 4.61. The molecule has 0 unspecified atom stereocenters. The van der Waals surface area contributed by atoms with Crippen molar-refractivity contribution in [2.75, 3.05) is 20.3 Å². The first kappa shape index (κ1) is 16.1. The lowest BCUT2D eigenvalue weighted by Crippen LogP contribution is -2.32. The second-order valence-corrected chi connectivity index (χ2v) is 5.88. The topological polar surface area (TPSA) is 50.7 Å². The molecule has 0 aromatic heterocycles. The number of benzene rings is 1. The molecule has 4 nitrogen and oxygen atoms in total. The lowest BCUT2D eigenvalue weighted by atomic mass is 10.0. The van der Waals surface area contributed by atoms with Gasteiger partial charge >= 0.3 is 0 Å². The van der Waals surface area contributed by atoms with Crippen LogP contribution in [0.15, 0.2) is 18.2 Å². The molecule has 0 atom stereocenters. The van der Waals surface area contributed by atoms with Crippen LogP contribution in [0.4, 0.5) is 0 Å². The van der Waals surface area contributed by atoms with Crippen molar-refractivity contribution in [1.82, 2.24) is 5.32 Å². The quantitative estimate of drug-likeness (QED) is 0.724. The minimum absolute atomic E-state index is 0.344. The summed E-state index contributed by atoms with van der Waals surface area (Å²) in [5.74, 6) is 1.43. The monoisotopic (exact) mass is 293 g/mol. The van der Waals surface area contributed by atoms with Crippen molar-refractivity contribution in [3.8, 4) is 11.5 Å². The van der Waals surface area contributed by atoms with Crippen LogP contribution in [0.5, 0.6) is 11.5 Å². The minimum atomic E-state index is -0.660. The molecule has 0 amide bonds. The molecule has 1 aromatic carbocycles. The summed E-state index contributed by atoms with van der Waals surface area (Å²) in [6.07, 6.45) is 4.94. The van der Waals surface area contributed by atoms with E-state index in [1.54, 1.807) is 7.11 Å². The first-order valence-electron chi connectivity index (χ1n) is 7.90. The smallest absolute Gasteiger partial charge is 0.161 e. The molecule has 0 bridgehead atoms. The summed E-state index contributed by atoms with van der Waals surface area (Å²) in [6.45, 7) is 4.33. The summed E-state index contributed by atoms with van der Waals surface area (Å²) >= 11 is 0. The molecule has 4 heteroatoms. The maximum Gasteiger partial charge on any atom is 0.161 e. The summed E-state index contributed by atoms with van der Waals surface area (Å²) in [7, 11) is 1.65. The molecule has 0 aliphatic heterocycles. The highest BCUT2D eigenvalue weighted by Gasteiger charge is 2.32. The van der Waals surface area contributed by atoms with E-state index in [0.29, 0.717) is 12.4 Å². The summed E-state index contributed by atoms with van der Waals surface area (Å²) in [6, 6.07) is 5.97. The third-order valence-corrected chi connectivity index (χ3v) is 4.01. The van der Waals surface area contributed by atoms with E-state index in [4.69, 9.17) is 9.47 Å². The molecule has 1 aliphatic carbocycles. The number of ether oxygens (including phenoxy) is 2. The first-order valence-corrected chi connectivity index (χ1v) is 7.90. The fourth-order valence-corrected chi connectivity index (χ4v) is 2.74. The molecule has 21 heavy (non-hydrogen) atoms. The molecule has 0 saturated heterocycles. The SMILES string of the molecule is CCCNCc1ccc(OCC2(O)CCCC2)c(OC)c1. The molecule has 2 rings (SSSR count). The van der Waals surface area contributed by atoms with Crippen molar-refractivity contribution in [1.29, 1.82) is 0 Å². The van der Waals surface area contributed by atoms with Gasteiger partial charge in [-0.05, 0) is 43.5 Å². The van der Waals surface area contributed by atoms with Gasteiger partial charge in [-0.15, -0.1) is 0 Å². The first-order chi connectivity index (χ1) is 10.2. The number of hydrogen-bond acceptors (Lipinski definition) is 4. The normalized spacial score (nSPS) is 16.9. The summed E-state index contributed by atoms with van der Waals surface area (Å²) in [5.41, 5.74) is 0.513. The zero-order valence-electron chi connectivity index (χ0n) is 13.2. The number of methoxy groups -OCH3 is 1. The zero-order valence-corrected chi connectivity index (χ0v) is 13.2. The highest BCUT2D eigenvalue weighted by Crippen LogP contribution is 2.33. The minimum Gasteiger partial charge on any atom is -0.493 e. The van der Waals surface area contributed by atoms with Crippen molar-refractivity contribution in [2.45, 2.75) is 51.2 Å². The number of hydrogen-bond donors (Lipinski definition) is 2. The standard InChI is InChI=1S/C17H27NO3/c1-3-10-18-12-14-6-7-15(16(11-14)20-2)21-13-17(19)8-4-5-9-17/h6-7,11,18-19H,3-5,8-10,12-13H2,1-2H3. The van der Waals surface area contributed by atoms with Gasteiger partial charge in [-0.3, -0.25) is 0 Å². The molecule has 118 valence electrons. The van der Waals surface area contributed by atoms with E-state index in [0.717, 1.165) is 50.9 Å². The van der Waals surface area contributed by atoms with Crippen LogP contribution in [0.25, 0.3) is 0 Å². The summed E-state index contributed by atoms with van der Waals surface area (Å²) in [4.78, 5) is 0. The van der Waals surface area contributed by atoms with E-state index in [2.05, 4.69) is 12.2 Å². The van der Waals surface area contributed by atoms with Gasteiger partial charge in [0.25, 0.3) is 0 Å². The van der Waals surface area contributed by atoms with Crippen LogP contribution in [-0.2, 0) is 6.54 Å². The van der Waals surface area contributed by atoms with Crippen LogP contribution >= 0.6 is 0 Å². The molecule has 2 N–H and O–H groups in total. The Kier molecular flexibility index (Phi) is 5.88. The fraction of sp³-hybridized carbons (Fsp3) is 0.647. The van der Waals surface area contributed by atoms with E-state index in [1.165, 1.54) is 5.56 Å². The predicted octanol–water partition coefficient (Wildman–Crippen LogP) is 2.88. The van der Waals surface area contributed by atoms with Crippen LogP contribution in [0.2, 0.25) is 0 Å². The molecule has 0 spiro atoms. The molecular formula is C17H27NO3. The Morgan fingerprint density at radius 3 is 2.67 bits per heavy atom. The van der Waals surface area contributed by atoms with Crippen molar-refractivity contribution in [3.05, 3.63) is 23.8 Å². The van der Waals surface area contributed by atoms with Gasteiger partial charge in [0.15, 0.2) is 11.5 Å². The van der Waals surface area contributed by atoms with Gasteiger partial charge in [0.05, 0.1) is 12.7 Å². The molecule has 1 aromatic rings. The lowest BCUT2D eigenvalue weighted by molar-refractivity contribution is 0.000730. The van der Waals surface area contributed by atoms with Gasteiger partial charge in [0.2, 0.25) is 0 Å². The van der Waals surface area contributed by atoms with Crippen LogP contribution in [0.1, 0.15) is 44.6 Å². The average molecular weight is 293 g/mol. The third-order valence-electron chi connectivity index (χ3n) is 4.01. The predicted molar refractivity (Wildman–Crippen MR) is 83.9 cm³/mol. The van der Waals surface area contributed by atoms with E-state index in [1.807, 2.05) is 18.2 Å². The van der Waals surface area contributed by atoms with Crippen molar-refractivity contribution in [2.24, 2.45) is 0 Å². The van der Waals surface area contributed by atoms with Gasteiger partial charge in [-0.2, -0.15) is 0 Å². The average Bonchev–Trinajstić information content (AvgIpc) is 2.93. The van der Waals surface area contributed by atoms with Crippen LogP contribution in [0.3, 0.4) is 0 Å². The lowest BCUT2D eigenvalue weighted by Gasteiger charge is -2.23. The molecule has 0 heterocycles. The van der Waals surface area contributed by atoms with Gasteiger partial charge in [-0.25, -0.2) is 0 Å². The Morgan fingerprint density at radius 1 is 1.24 bits per heavy atom. The number of nitrogens with one attached hydrogen (secondary N) is 1. The van der Waals surface area contributed by atoms with Gasteiger partial charge in [0.1, 0.15) is 6.61 Å². The van der Waals surface area contributed by atoms with E-state index >= 15 is 0 Å². The fourth-order valence-electron chi connectivity index (χ4n) is 2.74. The van der Waals surface area contributed by atoms with E-state index in [-0.39, 0.29) is 0 Å². The van der Waals surface area contributed by atoms with Gasteiger partial charge in [-0.1, -0.05) is 25.8 Å². The van der Waals surface area contributed by atoms with Gasteiger partial charge < -0.3 is 19.9 Å². The van der Waals surface area contributed by atoms with E-state index in [9.17, 15) is 5.11 Å². The Hall–Kier alpha value is -1.26. The second-order valence-electron chi connectivity index (χ2n) is 5.88. The Labute approximate surface area is 127 Å². The Morgan fingerprint density at radius 2 is 2.00 bits per heavy atom. The summed E-state index contributed by atoms with van der Waals surface area (Å²) in [5, 5.41) is 13.7. The molecule has 0 radical (unpaired) electrons. The zero-order chi connectivity index (χ0) is 15.1. The van der Waals surface area contributed by atoms with Crippen molar-refractivity contribution < 1.29 is 14.6 Å². The summed E-state index contributed by atoms with van der Waals surface area (Å²) < 4.78 is 11.2. The van der Waals surface area contributed by atoms with Crippen molar-refractivity contribution in [3.63, 3.8) is 0 Å². The molecule has 1 aliphatic rings. The van der Waals surface area contributed by atoms with E-state index < -0.39 is 5.60 Å². The largest absolute Gasteiger partial charge is 0.493 e. The van der Waals surface area contributed by atoms with Crippen molar-refractivity contribution >= 4 is 0 Å². The maximum atomic E-state index is 10.3. The molecule has 1 saturated carbocycles. The molecule has 1 fully saturated rings.